The highest BCUT2D eigenvalue weighted by Gasteiger charge is 2.33. The Bertz CT molecular complexity index is 627. The maximum atomic E-state index is 14.5. The van der Waals surface area contributed by atoms with Gasteiger partial charge in [-0.1, -0.05) is 23.7 Å². The lowest BCUT2D eigenvalue weighted by molar-refractivity contribution is -0.152. The largest absolute Gasteiger partial charge is 0.465 e. The molecule has 1 aliphatic rings. The summed E-state index contributed by atoms with van der Waals surface area (Å²) in [4.78, 5) is 24.1. The Morgan fingerprint density at radius 1 is 1.48 bits per heavy atom. The molecule has 0 radical (unpaired) electrons. The van der Waals surface area contributed by atoms with Crippen molar-refractivity contribution in [3.63, 3.8) is 0 Å². The van der Waals surface area contributed by atoms with Crippen LogP contribution in [-0.4, -0.2) is 48.4 Å². The highest BCUT2D eigenvalue weighted by atomic mass is 35.5. The first-order valence-corrected chi connectivity index (χ1v) is 8.50. The van der Waals surface area contributed by atoms with Crippen LogP contribution in [0.4, 0.5) is 9.18 Å². The first-order chi connectivity index (χ1) is 11.9. The molecular weight excluding hydrogens is 353 g/mol. The number of carbonyl (C=O) groups excluding carboxylic acids is 1. The van der Waals surface area contributed by atoms with E-state index in [0.29, 0.717) is 19.4 Å². The van der Waals surface area contributed by atoms with Crippen LogP contribution in [0.1, 0.15) is 31.4 Å². The van der Waals surface area contributed by atoms with Crippen LogP contribution < -0.4 is 0 Å². The summed E-state index contributed by atoms with van der Waals surface area (Å²) in [6.07, 6.45) is -0.521. The second kappa shape index (κ2) is 9.01. The lowest BCUT2D eigenvalue weighted by Gasteiger charge is -2.35. The van der Waals surface area contributed by atoms with Gasteiger partial charge < -0.3 is 19.5 Å². The summed E-state index contributed by atoms with van der Waals surface area (Å²) >= 11 is 5.86. The molecule has 0 bridgehead atoms. The standard InChI is InChI=1S/C17H21ClFNO5/c1-2-24-14(21)10-25-16(12-6-3-7-13(18)15(12)19)11-5-4-8-20(9-11)17(22)23/h3,6-7,11,16H,2,4-5,8-10H2,1H3,(H,22,23). The lowest BCUT2D eigenvalue weighted by atomic mass is 9.88. The number of amides is 1. The van der Waals surface area contributed by atoms with Gasteiger partial charge in [0.1, 0.15) is 12.4 Å². The molecule has 0 aromatic heterocycles. The summed E-state index contributed by atoms with van der Waals surface area (Å²) in [6, 6.07) is 4.56. The Hall–Kier alpha value is -1.86. The summed E-state index contributed by atoms with van der Waals surface area (Å²) < 4.78 is 25.0. The van der Waals surface area contributed by atoms with Crippen LogP contribution in [0, 0.1) is 11.7 Å². The van der Waals surface area contributed by atoms with Crippen molar-refractivity contribution in [2.24, 2.45) is 5.92 Å². The number of hydrogen-bond acceptors (Lipinski definition) is 4. The highest BCUT2D eigenvalue weighted by Crippen LogP contribution is 2.35. The molecule has 1 saturated heterocycles. The zero-order valence-corrected chi connectivity index (χ0v) is 14.7. The van der Waals surface area contributed by atoms with Gasteiger partial charge in [-0.3, -0.25) is 0 Å². The number of hydrogen-bond donors (Lipinski definition) is 1. The molecule has 138 valence electrons. The van der Waals surface area contributed by atoms with Crippen LogP contribution in [0.5, 0.6) is 0 Å². The summed E-state index contributed by atoms with van der Waals surface area (Å²) in [5, 5.41) is 9.16. The van der Waals surface area contributed by atoms with Gasteiger partial charge in [-0.15, -0.1) is 0 Å². The maximum absolute atomic E-state index is 14.5. The van der Waals surface area contributed by atoms with E-state index in [0.717, 1.165) is 0 Å². The number of rotatable bonds is 6. The van der Waals surface area contributed by atoms with Crippen LogP contribution in [0.2, 0.25) is 5.02 Å². The molecule has 8 heteroatoms. The number of ether oxygens (including phenoxy) is 2. The molecule has 1 heterocycles. The minimum atomic E-state index is -1.03. The molecule has 0 spiro atoms. The topological polar surface area (TPSA) is 76.1 Å². The van der Waals surface area contributed by atoms with Crippen molar-refractivity contribution in [2.45, 2.75) is 25.9 Å². The first kappa shape index (κ1) is 19.5. The Kier molecular flexibility index (Phi) is 7.01. The molecule has 1 fully saturated rings. The van der Waals surface area contributed by atoms with Crippen molar-refractivity contribution in [3.05, 3.63) is 34.6 Å². The SMILES string of the molecule is CCOC(=O)COC(c1cccc(Cl)c1F)C1CCCN(C(=O)O)C1. The minimum Gasteiger partial charge on any atom is -0.465 e. The first-order valence-electron chi connectivity index (χ1n) is 8.13. The predicted octanol–water partition coefficient (Wildman–Crippen LogP) is 3.49. The fourth-order valence-corrected chi connectivity index (χ4v) is 3.19. The second-order valence-electron chi connectivity index (χ2n) is 5.81. The molecule has 2 atom stereocenters. The van der Waals surface area contributed by atoms with E-state index in [9.17, 15) is 19.1 Å². The van der Waals surface area contributed by atoms with Crippen molar-refractivity contribution in [3.8, 4) is 0 Å². The number of nitrogens with zero attached hydrogens (tertiary/aromatic N) is 1. The molecule has 25 heavy (non-hydrogen) atoms. The number of benzene rings is 1. The average molecular weight is 374 g/mol. The van der Waals surface area contributed by atoms with E-state index in [2.05, 4.69) is 0 Å². The van der Waals surface area contributed by atoms with Crippen LogP contribution >= 0.6 is 11.6 Å². The van der Waals surface area contributed by atoms with Crippen LogP contribution in [0.3, 0.4) is 0 Å². The monoisotopic (exact) mass is 373 g/mol. The van der Waals surface area contributed by atoms with Crippen molar-refractivity contribution < 1.29 is 28.6 Å². The van der Waals surface area contributed by atoms with Gasteiger partial charge in [-0.25, -0.2) is 14.0 Å². The van der Waals surface area contributed by atoms with Crippen molar-refractivity contribution >= 4 is 23.7 Å². The van der Waals surface area contributed by atoms with Gasteiger partial charge in [-0.2, -0.15) is 0 Å². The minimum absolute atomic E-state index is 0.0480. The summed E-state index contributed by atoms with van der Waals surface area (Å²) in [7, 11) is 0. The number of likely N-dealkylation sites (tertiary alicyclic amines) is 1. The molecule has 0 saturated carbocycles. The normalized spacial score (nSPS) is 18.7. The molecule has 2 rings (SSSR count). The Morgan fingerprint density at radius 3 is 2.92 bits per heavy atom. The van der Waals surface area contributed by atoms with Crippen LogP contribution in [0.25, 0.3) is 0 Å². The van der Waals surface area contributed by atoms with Gasteiger partial charge in [0, 0.05) is 24.6 Å². The zero-order valence-electron chi connectivity index (χ0n) is 13.9. The predicted molar refractivity (Wildman–Crippen MR) is 89.1 cm³/mol. The van der Waals surface area contributed by atoms with E-state index >= 15 is 0 Å². The van der Waals surface area contributed by atoms with Gasteiger partial charge in [0.2, 0.25) is 0 Å². The molecule has 1 aromatic rings. The third-order valence-electron chi connectivity index (χ3n) is 4.13. The maximum Gasteiger partial charge on any atom is 0.407 e. The number of esters is 1. The lowest BCUT2D eigenvalue weighted by Crippen LogP contribution is -2.41. The molecule has 1 N–H and O–H groups in total. The number of carbonyl (C=O) groups is 2. The van der Waals surface area contributed by atoms with E-state index in [-0.39, 0.29) is 36.3 Å². The van der Waals surface area contributed by atoms with Crippen LogP contribution in [0.15, 0.2) is 18.2 Å². The third kappa shape index (κ3) is 5.06. The van der Waals surface area contributed by atoms with Crippen molar-refractivity contribution in [2.75, 3.05) is 26.3 Å². The fourth-order valence-electron chi connectivity index (χ4n) is 3.01. The van der Waals surface area contributed by atoms with Gasteiger partial charge in [0.25, 0.3) is 0 Å². The molecule has 0 aliphatic carbocycles. The van der Waals surface area contributed by atoms with E-state index < -0.39 is 24.0 Å². The third-order valence-corrected chi connectivity index (χ3v) is 4.42. The Morgan fingerprint density at radius 2 is 2.24 bits per heavy atom. The van der Waals surface area contributed by atoms with Gasteiger partial charge in [0.15, 0.2) is 0 Å². The van der Waals surface area contributed by atoms with Crippen molar-refractivity contribution in [1.82, 2.24) is 4.90 Å². The highest BCUT2D eigenvalue weighted by molar-refractivity contribution is 6.30. The molecule has 1 aromatic carbocycles. The number of piperidine rings is 1. The smallest absolute Gasteiger partial charge is 0.407 e. The van der Waals surface area contributed by atoms with Gasteiger partial charge in [0.05, 0.1) is 17.7 Å². The zero-order chi connectivity index (χ0) is 18.4. The summed E-state index contributed by atoms with van der Waals surface area (Å²) in [5.74, 6) is -1.46. The average Bonchev–Trinajstić information content (AvgIpc) is 2.59. The van der Waals surface area contributed by atoms with Gasteiger partial charge >= 0.3 is 12.1 Å². The molecule has 2 unspecified atom stereocenters. The molecule has 6 nitrogen and oxygen atoms in total. The Labute approximate surface area is 150 Å². The quantitative estimate of drug-likeness (QED) is 0.772. The molecule has 1 amide bonds. The number of carboxylic acid groups (broad SMARTS) is 1. The molecular formula is C17H21ClFNO5. The van der Waals surface area contributed by atoms with E-state index in [1.54, 1.807) is 13.0 Å². The Balaban J connectivity index is 2.23. The van der Waals surface area contributed by atoms with E-state index in [4.69, 9.17) is 21.1 Å². The fraction of sp³-hybridized carbons (Fsp3) is 0.529. The second-order valence-corrected chi connectivity index (χ2v) is 6.22. The van der Waals surface area contributed by atoms with Gasteiger partial charge in [-0.05, 0) is 25.8 Å². The summed E-state index contributed by atoms with van der Waals surface area (Å²) in [6.45, 7) is 2.18. The molecule has 1 aliphatic heterocycles. The van der Waals surface area contributed by atoms with E-state index in [1.165, 1.54) is 17.0 Å². The van der Waals surface area contributed by atoms with Crippen LogP contribution in [-0.2, 0) is 14.3 Å². The van der Waals surface area contributed by atoms with E-state index in [1.807, 2.05) is 0 Å². The number of halogens is 2. The summed E-state index contributed by atoms with van der Waals surface area (Å²) in [5.41, 5.74) is 0.217. The van der Waals surface area contributed by atoms with Crippen molar-refractivity contribution in [1.29, 1.82) is 0 Å².